The second-order valence-electron chi connectivity index (χ2n) is 9.03. The first-order valence-electron chi connectivity index (χ1n) is 12.0. The molecule has 0 radical (unpaired) electrons. The van der Waals surface area contributed by atoms with Gasteiger partial charge in [0.2, 0.25) is 5.91 Å². The molecule has 202 valence electrons. The number of piperazine rings is 1. The number of nitrogens with zero attached hydrogens (tertiary/aromatic N) is 7. The SMILES string of the molecule is Cc1nnn(Cc2cc(Cl)ccc2/C=C/C(=O)N2CCN(Cc3ccc(OC(S)C(F)S)cn3)C[C@H]2C)n1. The number of pyridine rings is 1. The standard InChI is InChI=1S/C25H29ClFN7O2S2/c1-16-13-32(15-21-6-7-22(12-28-21)36-25(38)24(27)37)9-10-33(16)23(35)8-4-18-3-5-20(26)11-19(18)14-34-30-17(2)29-31-34/h3-8,11-12,16,24-25,37-38H,9-10,13-15H2,1-2H3/b8-4+/t16-,24?,25?/m1/s1. The van der Waals surface area contributed by atoms with Crippen molar-refractivity contribution in [3.05, 3.63) is 70.3 Å². The first kappa shape index (κ1) is 28.3. The van der Waals surface area contributed by atoms with Gasteiger partial charge in [0.1, 0.15) is 5.75 Å². The van der Waals surface area contributed by atoms with Gasteiger partial charge in [-0.1, -0.05) is 17.7 Å². The first-order chi connectivity index (χ1) is 18.2. The molecule has 2 unspecified atom stereocenters. The number of carbonyl (C=O) groups excluding carboxylic acids is 1. The van der Waals surface area contributed by atoms with Crippen molar-refractivity contribution >= 4 is 48.8 Å². The smallest absolute Gasteiger partial charge is 0.246 e. The summed E-state index contributed by atoms with van der Waals surface area (Å²) in [5, 5.41) is 12.7. The van der Waals surface area contributed by atoms with E-state index in [4.69, 9.17) is 16.3 Å². The highest BCUT2D eigenvalue weighted by Gasteiger charge is 2.26. The van der Waals surface area contributed by atoms with Crippen molar-refractivity contribution in [1.82, 2.24) is 35.0 Å². The van der Waals surface area contributed by atoms with E-state index in [9.17, 15) is 9.18 Å². The number of amides is 1. The third-order valence-corrected chi connectivity index (χ3v) is 7.15. The Morgan fingerprint density at radius 1 is 1.26 bits per heavy atom. The minimum Gasteiger partial charge on any atom is -0.474 e. The molecule has 0 saturated carbocycles. The number of tetrazole rings is 1. The highest BCUT2D eigenvalue weighted by Crippen LogP contribution is 2.21. The number of benzene rings is 1. The zero-order chi connectivity index (χ0) is 27.2. The van der Waals surface area contributed by atoms with Gasteiger partial charge in [-0.25, -0.2) is 4.39 Å². The lowest BCUT2D eigenvalue weighted by Crippen LogP contribution is -2.53. The Labute approximate surface area is 236 Å². The van der Waals surface area contributed by atoms with Crippen LogP contribution in [0.15, 0.2) is 42.6 Å². The molecule has 1 fully saturated rings. The monoisotopic (exact) mass is 577 g/mol. The predicted octanol–water partition coefficient (Wildman–Crippen LogP) is 3.68. The molecular formula is C25H29ClFN7O2S2. The molecule has 1 aliphatic rings. The lowest BCUT2D eigenvalue weighted by molar-refractivity contribution is -0.130. The molecule has 3 atom stereocenters. The van der Waals surface area contributed by atoms with Crippen LogP contribution in [-0.2, 0) is 17.9 Å². The Kier molecular flexibility index (Phi) is 9.64. The van der Waals surface area contributed by atoms with Crippen molar-refractivity contribution < 1.29 is 13.9 Å². The molecule has 0 N–H and O–H groups in total. The first-order valence-corrected chi connectivity index (χ1v) is 13.4. The molecule has 1 saturated heterocycles. The van der Waals surface area contributed by atoms with E-state index in [0.29, 0.717) is 42.8 Å². The Balaban J connectivity index is 1.33. The lowest BCUT2D eigenvalue weighted by Gasteiger charge is -2.39. The summed E-state index contributed by atoms with van der Waals surface area (Å²) in [4.78, 5) is 23.1. The fraction of sp³-hybridized carbons (Fsp3) is 0.400. The maximum absolute atomic E-state index is 13.1. The third-order valence-electron chi connectivity index (χ3n) is 6.05. The number of hydrogen-bond donors (Lipinski definition) is 2. The van der Waals surface area contributed by atoms with Crippen LogP contribution >= 0.6 is 36.9 Å². The summed E-state index contributed by atoms with van der Waals surface area (Å²) >= 11 is 13.9. The van der Waals surface area contributed by atoms with Crippen molar-refractivity contribution in [3.8, 4) is 5.75 Å². The summed E-state index contributed by atoms with van der Waals surface area (Å²) in [5.41, 5.74) is 0.148. The largest absolute Gasteiger partial charge is 0.474 e. The molecule has 1 aromatic carbocycles. The van der Waals surface area contributed by atoms with Gasteiger partial charge in [-0.15, -0.1) is 35.5 Å². The normalized spacial score (nSPS) is 18.1. The fourth-order valence-electron chi connectivity index (χ4n) is 4.18. The minimum absolute atomic E-state index is 0.0253. The molecule has 0 spiro atoms. The number of thiol groups is 2. The highest BCUT2D eigenvalue weighted by atomic mass is 35.5. The van der Waals surface area contributed by atoms with Gasteiger partial charge in [0.05, 0.1) is 18.4 Å². The molecule has 13 heteroatoms. The van der Waals surface area contributed by atoms with Crippen molar-refractivity contribution in [1.29, 1.82) is 0 Å². The minimum atomic E-state index is -1.50. The van der Waals surface area contributed by atoms with Crippen LogP contribution in [0.2, 0.25) is 5.02 Å². The zero-order valence-corrected chi connectivity index (χ0v) is 23.5. The maximum atomic E-state index is 13.1. The number of alkyl halides is 1. The van der Waals surface area contributed by atoms with Crippen molar-refractivity contribution in [2.24, 2.45) is 0 Å². The van der Waals surface area contributed by atoms with Gasteiger partial charge in [0.25, 0.3) is 0 Å². The van der Waals surface area contributed by atoms with Crippen LogP contribution in [0.5, 0.6) is 5.75 Å². The molecule has 0 bridgehead atoms. The number of ether oxygens (including phenoxy) is 1. The molecule has 3 heterocycles. The summed E-state index contributed by atoms with van der Waals surface area (Å²) in [7, 11) is 0. The van der Waals surface area contributed by atoms with E-state index in [1.807, 2.05) is 30.0 Å². The molecule has 2 aromatic heterocycles. The van der Waals surface area contributed by atoms with E-state index in [1.54, 1.807) is 37.4 Å². The predicted molar refractivity (Wildman–Crippen MR) is 150 cm³/mol. The number of hydrogen-bond acceptors (Lipinski definition) is 9. The Hall–Kier alpha value is -2.67. The third kappa shape index (κ3) is 7.68. The van der Waals surface area contributed by atoms with Crippen LogP contribution in [0, 0.1) is 6.92 Å². The second-order valence-corrected chi connectivity index (χ2v) is 10.5. The van der Waals surface area contributed by atoms with Gasteiger partial charge in [-0.05, 0) is 60.5 Å². The summed E-state index contributed by atoms with van der Waals surface area (Å²) in [6.45, 7) is 6.87. The quantitative estimate of drug-likeness (QED) is 0.228. The van der Waals surface area contributed by atoms with E-state index in [1.165, 1.54) is 4.80 Å². The number of aryl methyl sites for hydroxylation is 1. The van der Waals surface area contributed by atoms with Gasteiger partial charge in [0.15, 0.2) is 16.8 Å². The van der Waals surface area contributed by atoms with E-state index < -0.39 is 10.9 Å². The molecular weight excluding hydrogens is 549 g/mol. The van der Waals surface area contributed by atoms with E-state index in [-0.39, 0.29) is 11.9 Å². The summed E-state index contributed by atoms with van der Waals surface area (Å²) < 4.78 is 18.5. The number of carbonyl (C=O) groups is 1. The van der Waals surface area contributed by atoms with Gasteiger partial charge in [0, 0.05) is 43.3 Å². The number of aromatic nitrogens is 5. The van der Waals surface area contributed by atoms with E-state index in [2.05, 4.69) is 50.6 Å². The van der Waals surface area contributed by atoms with Crippen molar-refractivity contribution in [2.45, 2.75) is 43.9 Å². The summed E-state index contributed by atoms with van der Waals surface area (Å²) in [6.07, 6.45) is 4.95. The number of halogens is 2. The van der Waals surface area contributed by atoms with Gasteiger partial charge in [-0.3, -0.25) is 14.7 Å². The Morgan fingerprint density at radius 2 is 2.08 bits per heavy atom. The van der Waals surface area contributed by atoms with Gasteiger partial charge in [-0.2, -0.15) is 4.80 Å². The average Bonchev–Trinajstić information content (AvgIpc) is 3.29. The lowest BCUT2D eigenvalue weighted by atomic mass is 10.1. The topological polar surface area (TPSA) is 89.3 Å². The van der Waals surface area contributed by atoms with Crippen LogP contribution in [0.25, 0.3) is 6.08 Å². The molecule has 9 nitrogen and oxygen atoms in total. The maximum Gasteiger partial charge on any atom is 0.246 e. The van der Waals surface area contributed by atoms with E-state index >= 15 is 0 Å². The molecule has 38 heavy (non-hydrogen) atoms. The van der Waals surface area contributed by atoms with Gasteiger partial charge >= 0.3 is 0 Å². The molecule has 3 aromatic rings. The van der Waals surface area contributed by atoms with Crippen LogP contribution in [-0.4, -0.2) is 77.5 Å². The van der Waals surface area contributed by atoms with Crippen LogP contribution in [0.3, 0.4) is 0 Å². The Morgan fingerprint density at radius 3 is 2.74 bits per heavy atom. The highest BCUT2D eigenvalue weighted by molar-refractivity contribution is 7.85. The fourth-order valence-corrected chi connectivity index (χ4v) is 4.55. The van der Waals surface area contributed by atoms with Crippen molar-refractivity contribution in [3.63, 3.8) is 0 Å². The van der Waals surface area contributed by atoms with E-state index in [0.717, 1.165) is 23.4 Å². The molecule has 0 aliphatic carbocycles. The molecule has 4 rings (SSSR count). The molecule has 1 amide bonds. The zero-order valence-electron chi connectivity index (χ0n) is 21.0. The summed E-state index contributed by atoms with van der Waals surface area (Å²) in [5.74, 6) is 0.961. The molecule has 1 aliphatic heterocycles. The number of rotatable bonds is 9. The summed E-state index contributed by atoms with van der Waals surface area (Å²) in [6, 6.07) is 9.11. The van der Waals surface area contributed by atoms with Crippen LogP contribution in [0.4, 0.5) is 4.39 Å². The Bertz CT molecular complexity index is 1270. The average molecular weight is 578 g/mol. The van der Waals surface area contributed by atoms with Gasteiger partial charge < -0.3 is 9.64 Å². The second kappa shape index (κ2) is 12.9. The van der Waals surface area contributed by atoms with Crippen LogP contribution < -0.4 is 4.74 Å². The van der Waals surface area contributed by atoms with Crippen molar-refractivity contribution in [2.75, 3.05) is 19.6 Å². The van der Waals surface area contributed by atoms with Crippen LogP contribution in [0.1, 0.15) is 29.6 Å².